The Bertz CT molecular complexity index is 500. The summed E-state index contributed by atoms with van der Waals surface area (Å²) in [6, 6.07) is 5.48. The Morgan fingerprint density at radius 3 is 2.80 bits per heavy atom. The van der Waals surface area contributed by atoms with E-state index in [-0.39, 0.29) is 10.6 Å². The van der Waals surface area contributed by atoms with Gasteiger partial charge in [0.2, 0.25) is 0 Å². The van der Waals surface area contributed by atoms with Crippen LogP contribution in [-0.4, -0.2) is 17.6 Å². The minimum Gasteiger partial charge on any atom is -0.487 e. The summed E-state index contributed by atoms with van der Waals surface area (Å²) in [5, 5.41) is 14.6. The molecule has 0 saturated heterocycles. The maximum absolute atomic E-state index is 11.3. The van der Waals surface area contributed by atoms with Crippen molar-refractivity contribution in [2.75, 3.05) is 11.9 Å². The van der Waals surface area contributed by atoms with Crippen molar-refractivity contribution in [2.45, 2.75) is 46.1 Å². The van der Waals surface area contributed by atoms with Crippen molar-refractivity contribution < 1.29 is 9.66 Å². The van der Waals surface area contributed by atoms with Crippen LogP contribution >= 0.6 is 0 Å². The maximum atomic E-state index is 11.3. The number of rotatable bonds is 5. The van der Waals surface area contributed by atoms with Crippen molar-refractivity contribution >= 4 is 11.4 Å². The van der Waals surface area contributed by atoms with E-state index in [0.717, 1.165) is 19.3 Å². The average molecular weight is 278 g/mol. The summed E-state index contributed by atoms with van der Waals surface area (Å²) in [6.45, 7) is 6.71. The first-order valence-electron chi connectivity index (χ1n) is 7.09. The number of nitro groups is 1. The summed E-state index contributed by atoms with van der Waals surface area (Å²) < 4.78 is 5.36. The Labute approximate surface area is 119 Å². The monoisotopic (exact) mass is 278 g/mol. The number of ether oxygens (including phenoxy) is 1. The summed E-state index contributed by atoms with van der Waals surface area (Å²) in [7, 11) is 0. The van der Waals surface area contributed by atoms with Gasteiger partial charge < -0.3 is 10.1 Å². The molecule has 1 aromatic rings. The van der Waals surface area contributed by atoms with E-state index >= 15 is 0 Å². The van der Waals surface area contributed by atoms with Gasteiger partial charge in [0.25, 0.3) is 0 Å². The smallest absolute Gasteiger partial charge is 0.333 e. The van der Waals surface area contributed by atoms with Gasteiger partial charge in [-0.2, -0.15) is 0 Å². The lowest BCUT2D eigenvalue weighted by Crippen LogP contribution is -2.18. The first-order valence-corrected chi connectivity index (χ1v) is 7.09. The number of hydrogen-bond acceptors (Lipinski definition) is 4. The molecular formula is C15H22N2O3. The molecule has 0 heterocycles. The van der Waals surface area contributed by atoms with Crippen LogP contribution in [0.1, 0.15) is 40.0 Å². The molecule has 1 fully saturated rings. The van der Waals surface area contributed by atoms with Crippen LogP contribution in [0, 0.1) is 15.5 Å². The molecule has 2 rings (SSSR count). The van der Waals surface area contributed by atoms with Gasteiger partial charge in [0, 0.05) is 6.04 Å². The van der Waals surface area contributed by atoms with E-state index in [1.807, 2.05) is 6.92 Å². The van der Waals surface area contributed by atoms with Gasteiger partial charge in [-0.15, -0.1) is 0 Å². The molecule has 20 heavy (non-hydrogen) atoms. The zero-order chi connectivity index (χ0) is 14.8. The molecule has 0 spiro atoms. The largest absolute Gasteiger partial charge is 0.487 e. The molecule has 0 aromatic heterocycles. The Kier molecular flexibility index (Phi) is 4.16. The lowest BCUT2D eigenvalue weighted by Gasteiger charge is -2.19. The Balaban J connectivity index is 2.23. The van der Waals surface area contributed by atoms with Crippen LogP contribution in [0.5, 0.6) is 5.75 Å². The van der Waals surface area contributed by atoms with E-state index in [0.29, 0.717) is 29.5 Å². The summed E-state index contributed by atoms with van der Waals surface area (Å²) in [6.07, 6.45) is 3.22. The summed E-state index contributed by atoms with van der Waals surface area (Å²) in [4.78, 5) is 10.9. The molecule has 0 radical (unpaired) electrons. The highest BCUT2D eigenvalue weighted by Crippen LogP contribution is 2.41. The van der Waals surface area contributed by atoms with Crippen LogP contribution in [0.15, 0.2) is 18.2 Å². The summed E-state index contributed by atoms with van der Waals surface area (Å²) in [5.74, 6) is 0.333. The highest BCUT2D eigenvalue weighted by molar-refractivity contribution is 5.68. The van der Waals surface area contributed by atoms with E-state index < -0.39 is 0 Å². The third kappa shape index (κ3) is 3.21. The number of nitro benzene ring substituents is 1. The molecule has 1 unspecified atom stereocenters. The number of hydrogen-bond donors (Lipinski definition) is 1. The van der Waals surface area contributed by atoms with Gasteiger partial charge in [0.15, 0.2) is 5.75 Å². The van der Waals surface area contributed by atoms with Crippen molar-refractivity contribution in [2.24, 2.45) is 5.41 Å². The van der Waals surface area contributed by atoms with Crippen molar-refractivity contribution in [1.82, 2.24) is 0 Å². The fourth-order valence-corrected chi connectivity index (χ4v) is 2.88. The number of nitrogens with zero attached hydrogens (tertiary/aromatic N) is 1. The van der Waals surface area contributed by atoms with Gasteiger partial charge in [-0.25, -0.2) is 0 Å². The SMILES string of the molecule is CCOc1cccc(NC2CCC(C)(C)C2)c1[N+](=O)[O-]. The number of anilines is 1. The van der Waals surface area contributed by atoms with Crippen LogP contribution in [0.4, 0.5) is 11.4 Å². The average Bonchev–Trinajstić information content (AvgIpc) is 2.69. The van der Waals surface area contributed by atoms with Crippen LogP contribution in [-0.2, 0) is 0 Å². The molecule has 1 N–H and O–H groups in total. The van der Waals surface area contributed by atoms with Gasteiger partial charge in [-0.1, -0.05) is 19.9 Å². The molecule has 5 nitrogen and oxygen atoms in total. The summed E-state index contributed by atoms with van der Waals surface area (Å²) >= 11 is 0. The second kappa shape index (κ2) is 5.69. The van der Waals surface area contributed by atoms with Crippen molar-refractivity contribution in [3.63, 3.8) is 0 Å². The van der Waals surface area contributed by atoms with Gasteiger partial charge in [-0.05, 0) is 43.7 Å². The predicted molar refractivity (Wildman–Crippen MR) is 79.3 cm³/mol. The first kappa shape index (κ1) is 14.6. The molecule has 1 aromatic carbocycles. The second-order valence-corrected chi connectivity index (χ2v) is 6.09. The quantitative estimate of drug-likeness (QED) is 0.653. The predicted octanol–water partition coefficient (Wildman–Crippen LogP) is 3.98. The minimum atomic E-state index is -0.368. The van der Waals surface area contributed by atoms with E-state index in [4.69, 9.17) is 4.74 Å². The molecule has 5 heteroatoms. The van der Waals surface area contributed by atoms with Crippen LogP contribution < -0.4 is 10.1 Å². The van der Waals surface area contributed by atoms with Gasteiger partial charge >= 0.3 is 5.69 Å². The number of nitrogens with one attached hydrogen (secondary N) is 1. The van der Waals surface area contributed by atoms with Crippen molar-refractivity contribution in [3.8, 4) is 5.75 Å². The Morgan fingerprint density at radius 2 is 2.25 bits per heavy atom. The summed E-state index contributed by atoms with van der Waals surface area (Å²) in [5.41, 5.74) is 0.909. The van der Waals surface area contributed by atoms with E-state index in [9.17, 15) is 10.1 Å². The molecule has 0 aliphatic heterocycles. The maximum Gasteiger partial charge on any atom is 0.333 e. The highest BCUT2D eigenvalue weighted by atomic mass is 16.6. The van der Waals surface area contributed by atoms with Crippen molar-refractivity contribution in [1.29, 1.82) is 0 Å². The highest BCUT2D eigenvalue weighted by Gasteiger charge is 2.32. The topological polar surface area (TPSA) is 64.4 Å². The first-order chi connectivity index (χ1) is 9.43. The third-order valence-electron chi connectivity index (χ3n) is 3.81. The van der Waals surface area contributed by atoms with Crippen LogP contribution in [0.3, 0.4) is 0 Å². The van der Waals surface area contributed by atoms with E-state index in [1.165, 1.54) is 0 Å². The molecule has 1 aliphatic rings. The van der Waals surface area contributed by atoms with E-state index in [2.05, 4.69) is 19.2 Å². The third-order valence-corrected chi connectivity index (χ3v) is 3.81. The van der Waals surface area contributed by atoms with Crippen LogP contribution in [0.2, 0.25) is 0 Å². The molecule has 1 saturated carbocycles. The van der Waals surface area contributed by atoms with Crippen molar-refractivity contribution in [3.05, 3.63) is 28.3 Å². The minimum absolute atomic E-state index is 0.0408. The second-order valence-electron chi connectivity index (χ2n) is 6.09. The van der Waals surface area contributed by atoms with Gasteiger partial charge in [-0.3, -0.25) is 10.1 Å². The van der Waals surface area contributed by atoms with Gasteiger partial charge in [0.05, 0.1) is 11.5 Å². The zero-order valence-corrected chi connectivity index (χ0v) is 12.3. The lowest BCUT2D eigenvalue weighted by atomic mass is 9.92. The molecule has 1 atom stereocenters. The lowest BCUT2D eigenvalue weighted by molar-refractivity contribution is -0.385. The molecular weight excluding hydrogens is 256 g/mol. The Hall–Kier alpha value is -1.78. The fraction of sp³-hybridized carbons (Fsp3) is 0.600. The van der Waals surface area contributed by atoms with Crippen LogP contribution in [0.25, 0.3) is 0 Å². The molecule has 0 bridgehead atoms. The molecule has 0 amide bonds. The number of para-hydroxylation sites is 1. The van der Waals surface area contributed by atoms with E-state index in [1.54, 1.807) is 18.2 Å². The zero-order valence-electron chi connectivity index (χ0n) is 12.3. The Morgan fingerprint density at radius 1 is 1.50 bits per heavy atom. The molecule has 110 valence electrons. The van der Waals surface area contributed by atoms with Gasteiger partial charge in [0.1, 0.15) is 5.69 Å². The fourth-order valence-electron chi connectivity index (χ4n) is 2.88. The standard InChI is InChI=1S/C15H22N2O3/c1-4-20-13-7-5-6-12(14(13)17(18)19)16-11-8-9-15(2,3)10-11/h5-7,11,16H,4,8-10H2,1-3H3. The molecule has 1 aliphatic carbocycles. The normalized spacial score (nSPS) is 20.6. The number of benzene rings is 1.